The SMILES string of the molecule is COc1ccc(CCNCc2ccc(C#N)cc2)cc1OC. The maximum absolute atomic E-state index is 8.76. The average Bonchev–Trinajstić information content (AvgIpc) is 2.59. The first kappa shape index (κ1) is 15.9. The largest absolute Gasteiger partial charge is 0.493 e. The fourth-order valence-corrected chi connectivity index (χ4v) is 2.20. The first-order chi connectivity index (χ1) is 10.8. The third-order valence-corrected chi connectivity index (χ3v) is 3.45. The van der Waals surface area contributed by atoms with Gasteiger partial charge in [0.05, 0.1) is 25.9 Å². The number of benzene rings is 2. The number of methoxy groups -OCH3 is 2. The summed E-state index contributed by atoms with van der Waals surface area (Å²) in [5.41, 5.74) is 3.06. The first-order valence-electron chi connectivity index (χ1n) is 7.17. The summed E-state index contributed by atoms with van der Waals surface area (Å²) in [6, 6.07) is 15.7. The van der Waals surface area contributed by atoms with E-state index in [9.17, 15) is 0 Å². The van der Waals surface area contributed by atoms with Crippen LogP contribution in [0.5, 0.6) is 11.5 Å². The molecule has 0 aliphatic carbocycles. The van der Waals surface area contributed by atoms with Gasteiger partial charge in [0.25, 0.3) is 0 Å². The zero-order valence-electron chi connectivity index (χ0n) is 12.9. The fourth-order valence-electron chi connectivity index (χ4n) is 2.20. The highest BCUT2D eigenvalue weighted by Crippen LogP contribution is 2.27. The third-order valence-electron chi connectivity index (χ3n) is 3.45. The number of nitriles is 1. The Bertz CT molecular complexity index is 645. The molecule has 114 valence electrons. The van der Waals surface area contributed by atoms with Crippen LogP contribution in [0.25, 0.3) is 0 Å². The van der Waals surface area contributed by atoms with E-state index >= 15 is 0 Å². The van der Waals surface area contributed by atoms with Crippen LogP contribution in [0.15, 0.2) is 42.5 Å². The number of nitrogens with one attached hydrogen (secondary N) is 1. The number of hydrogen-bond donors (Lipinski definition) is 1. The molecule has 0 amide bonds. The quantitative estimate of drug-likeness (QED) is 0.798. The standard InChI is InChI=1S/C18H20N2O2/c1-21-17-8-7-14(11-18(17)22-2)9-10-20-13-16-5-3-15(12-19)4-6-16/h3-8,11,20H,9-10,13H2,1-2H3. The van der Waals surface area contributed by atoms with Crippen molar-refractivity contribution >= 4 is 0 Å². The molecule has 0 fully saturated rings. The molecule has 0 unspecified atom stereocenters. The van der Waals surface area contributed by atoms with Gasteiger partial charge in [0.15, 0.2) is 11.5 Å². The molecule has 2 aromatic rings. The van der Waals surface area contributed by atoms with E-state index in [-0.39, 0.29) is 0 Å². The van der Waals surface area contributed by atoms with Crippen molar-refractivity contribution < 1.29 is 9.47 Å². The lowest BCUT2D eigenvalue weighted by Gasteiger charge is -2.10. The van der Waals surface area contributed by atoms with Gasteiger partial charge in [-0.3, -0.25) is 0 Å². The van der Waals surface area contributed by atoms with Gasteiger partial charge in [-0.15, -0.1) is 0 Å². The van der Waals surface area contributed by atoms with Gasteiger partial charge in [0, 0.05) is 6.54 Å². The number of rotatable bonds is 7. The van der Waals surface area contributed by atoms with Crippen molar-refractivity contribution in [1.29, 1.82) is 5.26 Å². The van der Waals surface area contributed by atoms with Crippen LogP contribution in [0.4, 0.5) is 0 Å². The van der Waals surface area contributed by atoms with Crippen LogP contribution >= 0.6 is 0 Å². The molecule has 0 aliphatic heterocycles. The number of nitrogens with zero attached hydrogens (tertiary/aromatic N) is 1. The molecule has 22 heavy (non-hydrogen) atoms. The molecule has 2 aromatic carbocycles. The van der Waals surface area contributed by atoms with Gasteiger partial charge in [0.2, 0.25) is 0 Å². The fraction of sp³-hybridized carbons (Fsp3) is 0.278. The Morgan fingerprint density at radius 3 is 2.27 bits per heavy atom. The molecular formula is C18H20N2O2. The van der Waals surface area contributed by atoms with E-state index in [1.165, 1.54) is 11.1 Å². The molecule has 2 rings (SSSR count). The highest BCUT2D eigenvalue weighted by Gasteiger charge is 2.04. The van der Waals surface area contributed by atoms with E-state index < -0.39 is 0 Å². The molecule has 4 heteroatoms. The first-order valence-corrected chi connectivity index (χ1v) is 7.17. The Kier molecular flexibility index (Phi) is 5.81. The topological polar surface area (TPSA) is 54.3 Å². The Morgan fingerprint density at radius 2 is 1.64 bits per heavy atom. The molecule has 0 aliphatic rings. The maximum Gasteiger partial charge on any atom is 0.160 e. The molecule has 0 saturated carbocycles. The summed E-state index contributed by atoms with van der Waals surface area (Å²) in [5, 5.41) is 12.2. The van der Waals surface area contributed by atoms with Gasteiger partial charge in [-0.1, -0.05) is 18.2 Å². The Balaban J connectivity index is 1.82. The van der Waals surface area contributed by atoms with E-state index in [0.29, 0.717) is 5.56 Å². The van der Waals surface area contributed by atoms with Crippen LogP contribution in [0.2, 0.25) is 0 Å². The summed E-state index contributed by atoms with van der Waals surface area (Å²) in [4.78, 5) is 0. The van der Waals surface area contributed by atoms with Gasteiger partial charge in [0.1, 0.15) is 0 Å². The molecule has 0 bridgehead atoms. The van der Waals surface area contributed by atoms with Gasteiger partial charge in [-0.2, -0.15) is 5.26 Å². The molecular weight excluding hydrogens is 276 g/mol. The van der Waals surface area contributed by atoms with Crippen molar-refractivity contribution in [2.75, 3.05) is 20.8 Å². The van der Waals surface area contributed by atoms with Crippen LogP contribution in [0.1, 0.15) is 16.7 Å². The minimum atomic E-state index is 0.689. The minimum absolute atomic E-state index is 0.689. The molecule has 0 saturated heterocycles. The van der Waals surface area contributed by atoms with Crippen LogP contribution in [0, 0.1) is 11.3 Å². The maximum atomic E-state index is 8.76. The third kappa shape index (κ3) is 4.24. The van der Waals surface area contributed by atoms with Crippen LogP contribution < -0.4 is 14.8 Å². The van der Waals surface area contributed by atoms with Crippen molar-refractivity contribution in [3.05, 3.63) is 59.2 Å². The Morgan fingerprint density at radius 1 is 0.955 bits per heavy atom. The predicted octanol–water partition coefficient (Wildman–Crippen LogP) is 2.91. The predicted molar refractivity (Wildman–Crippen MR) is 86.1 cm³/mol. The van der Waals surface area contributed by atoms with Crippen molar-refractivity contribution in [1.82, 2.24) is 5.32 Å². The number of hydrogen-bond acceptors (Lipinski definition) is 4. The van der Waals surface area contributed by atoms with Crippen LogP contribution in [-0.2, 0) is 13.0 Å². The monoisotopic (exact) mass is 296 g/mol. The Hall–Kier alpha value is -2.51. The molecule has 1 N–H and O–H groups in total. The van der Waals surface area contributed by atoms with Crippen molar-refractivity contribution in [2.45, 2.75) is 13.0 Å². The highest BCUT2D eigenvalue weighted by atomic mass is 16.5. The normalized spacial score (nSPS) is 10.0. The summed E-state index contributed by atoms with van der Waals surface area (Å²) < 4.78 is 10.5. The molecule has 4 nitrogen and oxygen atoms in total. The second kappa shape index (κ2) is 8.06. The lowest BCUT2D eigenvalue weighted by atomic mass is 10.1. The number of ether oxygens (including phenoxy) is 2. The molecule has 0 atom stereocenters. The van der Waals surface area contributed by atoms with E-state index in [1.54, 1.807) is 14.2 Å². The van der Waals surface area contributed by atoms with E-state index in [0.717, 1.165) is 31.0 Å². The smallest absolute Gasteiger partial charge is 0.160 e. The van der Waals surface area contributed by atoms with E-state index in [1.807, 2.05) is 42.5 Å². The van der Waals surface area contributed by atoms with Gasteiger partial charge in [-0.25, -0.2) is 0 Å². The molecule has 0 spiro atoms. The summed E-state index contributed by atoms with van der Waals surface area (Å²) in [7, 11) is 3.28. The van der Waals surface area contributed by atoms with Crippen molar-refractivity contribution in [2.24, 2.45) is 0 Å². The molecule has 0 aromatic heterocycles. The lowest BCUT2D eigenvalue weighted by Crippen LogP contribution is -2.16. The molecule has 0 radical (unpaired) electrons. The van der Waals surface area contributed by atoms with Crippen molar-refractivity contribution in [3.8, 4) is 17.6 Å². The second-order valence-corrected chi connectivity index (χ2v) is 4.92. The van der Waals surface area contributed by atoms with E-state index in [2.05, 4.69) is 11.4 Å². The lowest BCUT2D eigenvalue weighted by molar-refractivity contribution is 0.354. The summed E-state index contributed by atoms with van der Waals surface area (Å²) in [5.74, 6) is 1.50. The second-order valence-electron chi connectivity index (χ2n) is 4.92. The summed E-state index contributed by atoms with van der Waals surface area (Å²) >= 11 is 0. The zero-order valence-corrected chi connectivity index (χ0v) is 12.9. The van der Waals surface area contributed by atoms with Gasteiger partial charge >= 0.3 is 0 Å². The highest BCUT2D eigenvalue weighted by molar-refractivity contribution is 5.43. The summed E-state index contributed by atoms with van der Waals surface area (Å²) in [6.45, 7) is 1.66. The van der Waals surface area contributed by atoms with Gasteiger partial charge in [-0.05, 0) is 48.4 Å². The van der Waals surface area contributed by atoms with E-state index in [4.69, 9.17) is 14.7 Å². The van der Waals surface area contributed by atoms with Crippen LogP contribution in [-0.4, -0.2) is 20.8 Å². The Labute approximate surface area is 131 Å². The molecule has 0 heterocycles. The van der Waals surface area contributed by atoms with Crippen molar-refractivity contribution in [3.63, 3.8) is 0 Å². The zero-order chi connectivity index (χ0) is 15.8. The minimum Gasteiger partial charge on any atom is -0.493 e. The average molecular weight is 296 g/mol. The van der Waals surface area contributed by atoms with Gasteiger partial charge < -0.3 is 14.8 Å². The summed E-state index contributed by atoms with van der Waals surface area (Å²) in [6.07, 6.45) is 0.913. The van der Waals surface area contributed by atoms with Crippen LogP contribution in [0.3, 0.4) is 0 Å².